The number of nitrogens with one attached hydrogen (secondary N) is 2. The number of aliphatic carboxylic acids is 1. The summed E-state index contributed by atoms with van der Waals surface area (Å²) in [6.07, 6.45) is 5.35. The fourth-order valence-electron chi connectivity index (χ4n) is 3.76. The van der Waals surface area contributed by atoms with E-state index in [0.717, 1.165) is 31.5 Å². The van der Waals surface area contributed by atoms with Crippen molar-refractivity contribution >= 4 is 29.5 Å². The summed E-state index contributed by atoms with van der Waals surface area (Å²) in [5.74, 6) is 0.643. The molecular formula is C29H32F3N3O6. The number of carboxylic acid groups (broad SMARTS) is 1. The molecule has 0 aliphatic carbocycles. The highest BCUT2D eigenvalue weighted by atomic mass is 19.4. The molecule has 2 aromatic carbocycles. The van der Waals surface area contributed by atoms with Gasteiger partial charge < -0.3 is 30.1 Å². The number of carbonyl (C=O) groups excluding carboxylic acids is 2. The summed E-state index contributed by atoms with van der Waals surface area (Å²) in [6, 6.07) is 12.3. The number of anilines is 1. The summed E-state index contributed by atoms with van der Waals surface area (Å²) in [5, 5.41) is 12.9. The number of rotatable bonds is 9. The molecule has 2 aromatic rings. The van der Waals surface area contributed by atoms with Crippen LogP contribution in [0.15, 0.2) is 48.5 Å². The minimum Gasteiger partial charge on any atom is -0.493 e. The van der Waals surface area contributed by atoms with Crippen LogP contribution in [0.5, 0.6) is 11.5 Å². The molecule has 0 saturated carbocycles. The minimum absolute atomic E-state index is 0.138. The third-order valence-corrected chi connectivity index (χ3v) is 5.99. The van der Waals surface area contributed by atoms with E-state index in [-0.39, 0.29) is 18.4 Å². The van der Waals surface area contributed by atoms with Crippen LogP contribution in [-0.2, 0) is 9.59 Å². The molecule has 12 heteroatoms. The fourth-order valence-corrected chi connectivity index (χ4v) is 3.76. The summed E-state index contributed by atoms with van der Waals surface area (Å²) in [4.78, 5) is 36.5. The lowest BCUT2D eigenvalue weighted by molar-refractivity contribution is -0.192. The van der Waals surface area contributed by atoms with Gasteiger partial charge in [0.25, 0.3) is 5.91 Å². The lowest BCUT2D eigenvalue weighted by Crippen LogP contribution is -2.37. The first-order chi connectivity index (χ1) is 19.4. The van der Waals surface area contributed by atoms with Gasteiger partial charge in [-0.25, -0.2) is 4.79 Å². The van der Waals surface area contributed by atoms with Gasteiger partial charge in [-0.1, -0.05) is 24.1 Å². The number of hydrogen-bond acceptors (Lipinski definition) is 6. The smallest absolute Gasteiger partial charge is 0.490 e. The first-order valence-corrected chi connectivity index (χ1v) is 12.5. The van der Waals surface area contributed by atoms with Crippen LogP contribution in [0.4, 0.5) is 18.9 Å². The Morgan fingerprint density at radius 3 is 2.41 bits per heavy atom. The van der Waals surface area contributed by atoms with E-state index in [0.29, 0.717) is 35.2 Å². The third-order valence-electron chi connectivity index (χ3n) is 5.99. The highest BCUT2D eigenvalue weighted by molar-refractivity contribution is 6.07. The number of alkyl halides is 3. The Morgan fingerprint density at radius 2 is 1.80 bits per heavy atom. The fraction of sp³-hybridized carbons (Fsp3) is 0.345. The molecule has 1 saturated heterocycles. The van der Waals surface area contributed by atoms with E-state index in [1.807, 2.05) is 0 Å². The van der Waals surface area contributed by atoms with Gasteiger partial charge in [-0.05, 0) is 74.8 Å². The van der Waals surface area contributed by atoms with Crippen molar-refractivity contribution in [2.24, 2.45) is 5.92 Å². The Balaban J connectivity index is 0.000000745. The van der Waals surface area contributed by atoms with Crippen LogP contribution in [0, 0.1) is 18.3 Å². The Labute approximate surface area is 236 Å². The zero-order valence-electron chi connectivity index (χ0n) is 22.7. The molecule has 0 atom stereocenters. The second-order valence-electron chi connectivity index (χ2n) is 9.03. The van der Waals surface area contributed by atoms with E-state index in [1.165, 1.54) is 13.2 Å². The number of likely N-dealkylation sites (tertiary alicyclic amines) is 1. The van der Waals surface area contributed by atoms with Gasteiger partial charge in [0.05, 0.1) is 18.4 Å². The predicted octanol–water partition coefficient (Wildman–Crippen LogP) is 4.06. The number of halogens is 3. The summed E-state index contributed by atoms with van der Waals surface area (Å²) in [5.41, 5.74) is 1.66. The number of nitrogens with zero attached hydrogens (tertiary/aromatic N) is 1. The molecule has 1 heterocycles. The monoisotopic (exact) mass is 575 g/mol. The van der Waals surface area contributed by atoms with Crippen molar-refractivity contribution in [3.8, 4) is 23.8 Å². The molecule has 0 bridgehead atoms. The average Bonchev–Trinajstić information content (AvgIpc) is 2.94. The van der Waals surface area contributed by atoms with E-state index < -0.39 is 12.1 Å². The normalized spacial score (nSPS) is 13.9. The van der Waals surface area contributed by atoms with Crippen molar-refractivity contribution in [1.29, 1.82) is 0 Å². The number of terminal acetylenes is 1. The van der Waals surface area contributed by atoms with E-state index in [1.54, 1.807) is 48.5 Å². The van der Waals surface area contributed by atoms with Gasteiger partial charge in [0.15, 0.2) is 11.5 Å². The van der Waals surface area contributed by atoms with Crippen LogP contribution < -0.4 is 20.1 Å². The van der Waals surface area contributed by atoms with Crippen molar-refractivity contribution < 1.29 is 42.1 Å². The largest absolute Gasteiger partial charge is 0.493 e. The number of piperidine rings is 1. The number of carbonyl (C=O) groups is 3. The first kappa shape index (κ1) is 32.7. The van der Waals surface area contributed by atoms with Gasteiger partial charge in [0.1, 0.15) is 6.61 Å². The van der Waals surface area contributed by atoms with E-state index in [4.69, 9.17) is 25.8 Å². The van der Waals surface area contributed by atoms with Gasteiger partial charge in [0.2, 0.25) is 5.91 Å². The topological polar surface area (TPSA) is 117 Å². The maximum Gasteiger partial charge on any atom is 0.490 e. The van der Waals surface area contributed by atoms with Crippen molar-refractivity contribution in [2.75, 3.05) is 45.7 Å². The minimum atomic E-state index is -5.08. The number of benzene rings is 2. The molecule has 0 unspecified atom stereocenters. The molecule has 0 radical (unpaired) electrons. The van der Waals surface area contributed by atoms with Crippen molar-refractivity contribution in [2.45, 2.75) is 19.0 Å². The molecule has 2 amide bonds. The number of para-hydroxylation sites is 1. The highest BCUT2D eigenvalue weighted by Gasteiger charge is 2.38. The molecule has 0 aromatic heterocycles. The van der Waals surface area contributed by atoms with Crippen molar-refractivity contribution in [3.05, 3.63) is 59.7 Å². The van der Waals surface area contributed by atoms with Gasteiger partial charge >= 0.3 is 12.1 Å². The molecule has 9 nitrogen and oxygen atoms in total. The molecule has 41 heavy (non-hydrogen) atoms. The maximum atomic E-state index is 12.8. The average molecular weight is 576 g/mol. The molecule has 3 N–H and O–H groups in total. The number of ether oxygens (including phenoxy) is 2. The quantitative estimate of drug-likeness (QED) is 0.305. The number of carboxylic acids is 1. The zero-order valence-corrected chi connectivity index (χ0v) is 22.7. The van der Waals surface area contributed by atoms with Crippen molar-refractivity contribution in [3.63, 3.8) is 0 Å². The Kier molecular flexibility index (Phi) is 12.7. The summed E-state index contributed by atoms with van der Waals surface area (Å²) in [6.45, 7) is 2.87. The molecule has 1 fully saturated rings. The lowest BCUT2D eigenvalue weighted by atomic mass is 9.97. The van der Waals surface area contributed by atoms with Crippen molar-refractivity contribution in [1.82, 2.24) is 10.2 Å². The SMILES string of the molecule is C#CCOc1ccc(/C=C/C(=O)Nc2ccccc2C(=O)NCC2CCN(C)CC2)cc1OC.O=C(O)C(F)(F)F. The summed E-state index contributed by atoms with van der Waals surface area (Å²) < 4.78 is 42.5. The molecule has 0 spiro atoms. The van der Waals surface area contributed by atoms with Crippen LogP contribution in [0.1, 0.15) is 28.8 Å². The van der Waals surface area contributed by atoms with E-state index in [9.17, 15) is 22.8 Å². The molecular weight excluding hydrogens is 543 g/mol. The highest BCUT2D eigenvalue weighted by Crippen LogP contribution is 2.28. The molecule has 1 aliphatic heterocycles. The first-order valence-electron chi connectivity index (χ1n) is 12.5. The molecule has 1 aliphatic rings. The van der Waals surface area contributed by atoms with Crippen LogP contribution in [0.2, 0.25) is 0 Å². The predicted molar refractivity (Wildman–Crippen MR) is 148 cm³/mol. The van der Waals surface area contributed by atoms with Gasteiger partial charge in [-0.2, -0.15) is 13.2 Å². The second-order valence-corrected chi connectivity index (χ2v) is 9.03. The maximum absolute atomic E-state index is 12.8. The van der Waals surface area contributed by atoms with Crippen LogP contribution in [0.3, 0.4) is 0 Å². The van der Waals surface area contributed by atoms with E-state index in [2.05, 4.69) is 28.5 Å². The number of hydrogen-bond donors (Lipinski definition) is 3. The van der Waals surface area contributed by atoms with Crippen LogP contribution in [-0.4, -0.2) is 74.4 Å². The lowest BCUT2D eigenvalue weighted by Gasteiger charge is -2.29. The number of methoxy groups -OCH3 is 1. The summed E-state index contributed by atoms with van der Waals surface area (Å²) >= 11 is 0. The Bertz CT molecular complexity index is 1270. The van der Waals surface area contributed by atoms with Gasteiger partial charge in [0, 0.05) is 12.6 Å². The third kappa shape index (κ3) is 11.3. The standard InChI is InChI=1S/C27H31N3O4.C2HF3O2/c1-4-17-34-24-11-9-20(18-25(24)33-3)10-12-26(31)29-23-8-6-5-7-22(23)27(32)28-19-21-13-15-30(2)16-14-21;3-2(4,5)1(6)7/h1,5-12,18,21H,13-17,19H2,2-3H3,(H,28,32)(H,29,31);(H,6,7)/b12-10+;. The van der Waals surface area contributed by atoms with Crippen LogP contribution in [0.25, 0.3) is 6.08 Å². The summed E-state index contributed by atoms with van der Waals surface area (Å²) in [7, 11) is 3.65. The molecule has 3 rings (SSSR count). The Hall–Kier alpha value is -4.50. The van der Waals surface area contributed by atoms with E-state index >= 15 is 0 Å². The molecule has 220 valence electrons. The van der Waals surface area contributed by atoms with Gasteiger partial charge in [-0.3, -0.25) is 9.59 Å². The second kappa shape index (κ2) is 15.9. The zero-order chi connectivity index (χ0) is 30.4. The number of amides is 2. The van der Waals surface area contributed by atoms with Gasteiger partial charge in [-0.15, -0.1) is 6.42 Å². The Morgan fingerprint density at radius 1 is 1.15 bits per heavy atom. The van der Waals surface area contributed by atoms with Crippen LogP contribution >= 0.6 is 0 Å².